The van der Waals surface area contributed by atoms with Crippen LogP contribution in [-0.4, -0.2) is 28.3 Å². The van der Waals surface area contributed by atoms with Crippen LogP contribution < -0.4 is 5.73 Å². The molecule has 0 amide bonds. The summed E-state index contributed by atoms with van der Waals surface area (Å²) in [5.41, 5.74) is 5.01. The van der Waals surface area contributed by atoms with Crippen LogP contribution in [0.4, 0.5) is 0 Å². The Balaban J connectivity index is 3.64. The van der Waals surface area contributed by atoms with Gasteiger partial charge < -0.3 is 15.9 Å². The molecule has 0 spiro atoms. The minimum atomic E-state index is -1.44. The van der Waals surface area contributed by atoms with E-state index < -0.39 is 18.1 Å². The number of hydrogen-bond acceptors (Lipinski definition) is 3. The first kappa shape index (κ1) is 7.39. The second kappa shape index (κ2) is 2.64. The minimum Gasteiger partial charge on any atom is -0.479 e. The third-order valence-electron chi connectivity index (χ3n) is 0.751. The number of aliphatic hydroxyl groups excluding tert-OH is 1. The number of carbonyl (C=O) groups is 1. The van der Waals surface area contributed by atoms with Gasteiger partial charge in [-0.2, -0.15) is 0 Å². The number of aliphatic carboxylic acids is 1. The van der Waals surface area contributed by atoms with Gasteiger partial charge in [0.15, 0.2) is 6.10 Å². The summed E-state index contributed by atoms with van der Waals surface area (Å²) in [6.45, 7) is 1.43. The van der Waals surface area contributed by atoms with E-state index in [0.717, 1.165) is 0 Å². The average Bonchev–Trinajstić information content (AvgIpc) is 1.64. The molecular formula is C4H9NO3. The van der Waals surface area contributed by atoms with Crippen molar-refractivity contribution in [1.82, 2.24) is 0 Å². The van der Waals surface area contributed by atoms with Crippen molar-refractivity contribution in [2.24, 2.45) is 5.73 Å². The zero-order chi connectivity index (χ0) is 6.73. The van der Waals surface area contributed by atoms with Gasteiger partial charge in [0.05, 0.1) is 0 Å². The lowest BCUT2D eigenvalue weighted by atomic mass is 10.2. The normalized spacial score (nSPS) is 17.4. The van der Waals surface area contributed by atoms with Crippen LogP contribution in [0.5, 0.6) is 0 Å². The van der Waals surface area contributed by atoms with Gasteiger partial charge in [0.1, 0.15) is 0 Å². The molecule has 0 fully saturated rings. The molecule has 0 rings (SSSR count). The Morgan fingerprint density at radius 2 is 2.12 bits per heavy atom. The lowest BCUT2D eigenvalue weighted by Gasteiger charge is -2.06. The zero-order valence-corrected chi connectivity index (χ0v) is 4.53. The number of nitrogens with two attached hydrogens (primary N) is 1. The number of carboxylic acid groups (broad SMARTS) is 1. The van der Waals surface area contributed by atoms with Gasteiger partial charge in [0.2, 0.25) is 0 Å². The highest BCUT2D eigenvalue weighted by Gasteiger charge is 2.16. The van der Waals surface area contributed by atoms with Crippen LogP contribution in [0.2, 0.25) is 0 Å². The fourth-order valence-electron chi connectivity index (χ4n) is 0.225. The predicted molar refractivity (Wildman–Crippen MR) is 27.3 cm³/mol. The summed E-state index contributed by atoms with van der Waals surface area (Å²) in [7, 11) is 0. The van der Waals surface area contributed by atoms with E-state index in [9.17, 15) is 4.79 Å². The third kappa shape index (κ3) is 1.90. The van der Waals surface area contributed by atoms with Crippen LogP contribution in [-0.2, 0) is 4.79 Å². The van der Waals surface area contributed by atoms with Gasteiger partial charge in [0.25, 0.3) is 0 Å². The van der Waals surface area contributed by atoms with Crippen molar-refractivity contribution >= 4 is 5.97 Å². The van der Waals surface area contributed by atoms with Crippen molar-refractivity contribution < 1.29 is 15.0 Å². The molecule has 0 aromatic heterocycles. The Labute approximate surface area is 46.9 Å². The summed E-state index contributed by atoms with van der Waals surface area (Å²) >= 11 is 0. The molecule has 0 aliphatic carbocycles. The van der Waals surface area contributed by atoms with E-state index in [4.69, 9.17) is 15.9 Å². The Morgan fingerprint density at radius 3 is 2.12 bits per heavy atom. The standard InChI is InChI=1S/C4H9NO3/c1-2(5)3(6)4(7)8/h2-3,6H,5H2,1H3,(H,7,8)/t2?,3-/m1/s1. The van der Waals surface area contributed by atoms with Crippen molar-refractivity contribution in [3.05, 3.63) is 0 Å². The van der Waals surface area contributed by atoms with E-state index in [-0.39, 0.29) is 0 Å². The first-order chi connectivity index (χ1) is 3.55. The fourth-order valence-corrected chi connectivity index (χ4v) is 0.225. The number of rotatable bonds is 2. The molecule has 0 aliphatic heterocycles. The van der Waals surface area contributed by atoms with Crippen LogP contribution in [0.25, 0.3) is 0 Å². The summed E-state index contributed by atoms with van der Waals surface area (Å²) in [5.74, 6) is -1.28. The molecule has 1 unspecified atom stereocenters. The molecule has 0 radical (unpaired) electrons. The molecule has 48 valence electrons. The maximum absolute atomic E-state index is 9.81. The summed E-state index contributed by atoms with van der Waals surface area (Å²) in [4.78, 5) is 9.81. The highest BCUT2D eigenvalue weighted by atomic mass is 16.4. The van der Waals surface area contributed by atoms with Crippen molar-refractivity contribution in [2.45, 2.75) is 19.1 Å². The van der Waals surface area contributed by atoms with E-state index in [2.05, 4.69) is 0 Å². The van der Waals surface area contributed by atoms with Crippen molar-refractivity contribution in [1.29, 1.82) is 0 Å². The maximum atomic E-state index is 9.81. The first-order valence-corrected chi connectivity index (χ1v) is 2.22. The number of hydrogen-bond donors (Lipinski definition) is 3. The Kier molecular flexibility index (Phi) is 2.44. The van der Waals surface area contributed by atoms with Gasteiger partial charge >= 0.3 is 5.97 Å². The lowest BCUT2D eigenvalue weighted by Crippen LogP contribution is -2.37. The van der Waals surface area contributed by atoms with E-state index in [1.54, 1.807) is 0 Å². The molecule has 4 N–H and O–H groups in total. The van der Waals surface area contributed by atoms with Crippen LogP contribution >= 0.6 is 0 Å². The van der Waals surface area contributed by atoms with E-state index in [1.807, 2.05) is 0 Å². The molecule has 8 heavy (non-hydrogen) atoms. The largest absolute Gasteiger partial charge is 0.479 e. The maximum Gasteiger partial charge on any atom is 0.334 e. The van der Waals surface area contributed by atoms with Crippen LogP contribution in [0.15, 0.2) is 0 Å². The minimum absolute atomic E-state index is 0.701. The zero-order valence-electron chi connectivity index (χ0n) is 4.53. The van der Waals surface area contributed by atoms with Gasteiger partial charge in [-0.15, -0.1) is 0 Å². The summed E-state index contributed by atoms with van der Waals surface area (Å²) in [6, 6.07) is -0.701. The van der Waals surface area contributed by atoms with Crippen LogP contribution in [0, 0.1) is 0 Å². The fraction of sp³-hybridized carbons (Fsp3) is 0.750. The second-order valence-electron chi connectivity index (χ2n) is 1.64. The SMILES string of the molecule is CC(N)[C@@H](O)C(=O)O. The van der Waals surface area contributed by atoms with E-state index >= 15 is 0 Å². The molecule has 0 aromatic rings. The van der Waals surface area contributed by atoms with Gasteiger partial charge in [-0.25, -0.2) is 4.79 Å². The van der Waals surface area contributed by atoms with Gasteiger partial charge in [0, 0.05) is 6.04 Å². The van der Waals surface area contributed by atoms with Crippen LogP contribution in [0.3, 0.4) is 0 Å². The molecule has 0 bridgehead atoms. The average molecular weight is 119 g/mol. The second-order valence-corrected chi connectivity index (χ2v) is 1.64. The predicted octanol–water partition coefficient (Wildman–Crippen LogP) is -1.22. The Hall–Kier alpha value is -0.610. The van der Waals surface area contributed by atoms with Crippen molar-refractivity contribution in [2.75, 3.05) is 0 Å². The molecule has 0 saturated carbocycles. The molecule has 4 nitrogen and oxygen atoms in total. The van der Waals surface area contributed by atoms with E-state index in [0.29, 0.717) is 0 Å². The number of aliphatic hydroxyl groups is 1. The van der Waals surface area contributed by atoms with Gasteiger partial charge in [-0.1, -0.05) is 0 Å². The van der Waals surface area contributed by atoms with E-state index in [1.165, 1.54) is 6.92 Å². The highest BCUT2D eigenvalue weighted by molar-refractivity contribution is 5.72. The van der Waals surface area contributed by atoms with Gasteiger partial charge in [-0.3, -0.25) is 0 Å². The molecule has 2 atom stereocenters. The summed E-state index contributed by atoms with van der Waals surface area (Å²) < 4.78 is 0. The summed E-state index contributed by atoms with van der Waals surface area (Å²) in [5, 5.41) is 16.5. The van der Waals surface area contributed by atoms with Crippen molar-refractivity contribution in [3.63, 3.8) is 0 Å². The molecular weight excluding hydrogens is 110 g/mol. The Morgan fingerprint density at radius 1 is 1.75 bits per heavy atom. The lowest BCUT2D eigenvalue weighted by molar-refractivity contribution is -0.147. The molecule has 0 heterocycles. The molecule has 0 aliphatic rings. The molecule has 4 heteroatoms. The molecule has 0 saturated heterocycles. The third-order valence-corrected chi connectivity index (χ3v) is 0.751. The monoisotopic (exact) mass is 119 g/mol. The van der Waals surface area contributed by atoms with Crippen molar-refractivity contribution in [3.8, 4) is 0 Å². The van der Waals surface area contributed by atoms with Crippen LogP contribution in [0.1, 0.15) is 6.92 Å². The smallest absolute Gasteiger partial charge is 0.334 e. The Bertz CT molecular complexity index is 91.3. The first-order valence-electron chi connectivity index (χ1n) is 2.22. The number of carboxylic acids is 1. The van der Waals surface area contributed by atoms with Gasteiger partial charge in [-0.05, 0) is 6.92 Å². The topological polar surface area (TPSA) is 83.5 Å². The highest BCUT2D eigenvalue weighted by Crippen LogP contribution is 1.86. The summed E-state index contributed by atoms with van der Waals surface area (Å²) in [6.07, 6.45) is -1.44. The molecule has 0 aromatic carbocycles. The quantitative estimate of drug-likeness (QED) is 0.425.